The van der Waals surface area contributed by atoms with Crippen LogP contribution in [0.1, 0.15) is 19.5 Å². The highest BCUT2D eigenvalue weighted by molar-refractivity contribution is 5.67. The molecular formula is C9H13FN4. The molecule has 76 valence electrons. The summed E-state index contributed by atoms with van der Waals surface area (Å²) in [6, 6.07) is 0. The van der Waals surface area contributed by atoms with E-state index < -0.39 is 5.67 Å². The average Bonchev–Trinajstić information content (AvgIpc) is 2.06. The third kappa shape index (κ3) is 3.93. The predicted molar refractivity (Wildman–Crippen MR) is 54.1 cm³/mol. The van der Waals surface area contributed by atoms with Gasteiger partial charge in [-0.2, -0.15) is 5.10 Å². The molecule has 0 aromatic carbocycles. The van der Waals surface area contributed by atoms with Gasteiger partial charge in [0.05, 0.1) is 24.3 Å². The summed E-state index contributed by atoms with van der Waals surface area (Å²) >= 11 is 0. The zero-order valence-corrected chi connectivity index (χ0v) is 8.45. The first-order valence-electron chi connectivity index (χ1n) is 4.25. The van der Waals surface area contributed by atoms with Crippen LogP contribution in [0.4, 0.5) is 10.2 Å². The highest BCUT2D eigenvalue weighted by atomic mass is 19.1. The van der Waals surface area contributed by atoms with E-state index in [0.29, 0.717) is 5.82 Å². The fourth-order valence-corrected chi connectivity index (χ4v) is 0.702. The maximum absolute atomic E-state index is 12.9. The Kier molecular flexibility index (Phi) is 3.11. The Morgan fingerprint density at radius 2 is 2.14 bits per heavy atom. The van der Waals surface area contributed by atoms with E-state index >= 15 is 0 Å². The average molecular weight is 196 g/mol. The molecule has 0 spiro atoms. The molecule has 1 heterocycles. The molecule has 0 aliphatic heterocycles. The standard InChI is InChI=1S/C9H13FN4/c1-7-4-12-8(5-11-7)14-13-6-9(2,3)10/h4-6H,1-3H3,(H,12,14)/b13-6+. The first kappa shape index (κ1) is 10.6. The van der Waals surface area contributed by atoms with E-state index in [1.165, 1.54) is 26.3 Å². The quantitative estimate of drug-likeness (QED) is 0.593. The lowest BCUT2D eigenvalue weighted by Gasteiger charge is -2.05. The van der Waals surface area contributed by atoms with Gasteiger partial charge in [0.25, 0.3) is 0 Å². The predicted octanol–water partition coefficient (Wildman–Crippen LogP) is 1.93. The number of aryl methyl sites for hydroxylation is 1. The van der Waals surface area contributed by atoms with Crippen LogP contribution in [0.15, 0.2) is 17.5 Å². The van der Waals surface area contributed by atoms with Crippen molar-refractivity contribution < 1.29 is 4.39 Å². The number of halogens is 1. The van der Waals surface area contributed by atoms with Crippen molar-refractivity contribution in [1.82, 2.24) is 9.97 Å². The molecule has 0 bridgehead atoms. The fourth-order valence-electron chi connectivity index (χ4n) is 0.702. The number of anilines is 1. The molecule has 1 aromatic heterocycles. The van der Waals surface area contributed by atoms with Crippen molar-refractivity contribution in [2.75, 3.05) is 5.43 Å². The minimum Gasteiger partial charge on any atom is -0.260 e. The van der Waals surface area contributed by atoms with Crippen LogP contribution in [-0.2, 0) is 0 Å². The third-order valence-electron chi connectivity index (χ3n) is 1.33. The number of hydrazone groups is 1. The molecular weight excluding hydrogens is 183 g/mol. The number of hydrogen-bond donors (Lipinski definition) is 1. The zero-order chi connectivity index (χ0) is 10.6. The molecule has 0 amide bonds. The molecule has 0 aliphatic carbocycles. The van der Waals surface area contributed by atoms with Gasteiger partial charge in [0.15, 0.2) is 5.82 Å². The van der Waals surface area contributed by atoms with Crippen LogP contribution in [0.5, 0.6) is 0 Å². The third-order valence-corrected chi connectivity index (χ3v) is 1.33. The first-order valence-corrected chi connectivity index (χ1v) is 4.25. The summed E-state index contributed by atoms with van der Waals surface area (Å²) in [6.45, 7) is 4.67. The van der Waals surface area contributed by atoms with Crippen molar-refractivity contribution in [3.8, 4) is 0 Å². The number of nitrogens with one attached hydrogen (secondary N) is 1. The minimum atomic E-state index is -1.43. The maximum atomic E-state index is 12.9. The SMILES string of the molecule is Cc1cnc(N/N=C/C(C)(C)F)cn1. The second-order valence-electron chi connectivity index (χ2n) is 3.48. The number of nitrogens with zero attached hydrogens (tertiary/aromatic N) is 3. The van der Waals surface area contributed by atoms with Gasteiger partial charge in [0.2, 0.25) is 0 Å². The van der Waals surface area contributed by atoms with Crippen LogP contribution in [0.25, 0.3) is 0 Å². The normalized spacial score (nSPS) is 12.0. The Bertz CT molecular complexity index is 313. The van der Waals surface area contributed by atoms with Crippen LogP contribution in [0.2, 0.25) is 0 Å². The van der Waals surface area contributed by atoms with Crippen LogP contribution in [0, 0.1) is 6.92 Å². The fraction of sp³-hybridized carbons (Fsp3) is 0.444. The van der Waals surface area contributed by atoms with Gasteiger partial charge in [-0.05, 0) is 20.8 Å². The lowest BCUT2D eigenvalue weighted by Crippen LogP contribution is -2.14. The highest BCUT2D eigenvalue weighted by Gasteiger charge is 2.10. The lowest BCUT2D eigenvalue weighted by molar-refractivity contribution is 0.321. The highest BCUT2D eigenvalue weighted by Crippen LogP contribution is 2.04. The topological polar surface area (TPSA) is 50.2 Å². The van der Waals surface area contributed by atoms with E-state index in [-0.39, 0.29) is 0 Å². The molecule has 14 heavy (non-hydrogen) atoms. The van der Waals surface area contributed by atoms with Gasteiger partial charge in [-0.25, -0.2) is 9.37 Å². The summed E-state index contributed by atoms with van der Waals surface area (Å²) < 4.78 is 12.9. The van der Waals surface area contributed by atoms with E-state index in [1.807, 2.05) is 6.92 Å². The second kappa shape index (κ2) is 4.13. The molecule has 0 saturated heterocycles. The van der Waals surface area contributed by atoms with Crippen molar-refractivity contribution >= 4 is 12.0 Å². The number of aromatic nitrogens is 2. The van der Waals surface area contributed by atoms with E-state index in [9.17, 15) is 4.39 Å². The number of hydrogen-bond acceptors (Lipinski definition) is 4. The number of alkyl halides is 1. The molecule has 0 unspecified atom stereocenters. The monoisotopic (exact) mass is 196 g/mol. The van der Waals surface area contributed by atoms with Gasteiger partial charge in [0.1, 0.15) is 5.67 Å². The van der Waals surface area contributed by atoms with E-state index in [4.69, 9.17) is 0 Å². The Morgan fingerprint density at radius 1 is 1.43 bits per heavy atom. The Hall–Kier alpha value is -1.52. The molecule has 1 N–H and O–H groups in total. The van der Waals surface area contributed by atoms with Gasteiger partial charge in [0, 0.05) is 0 Å². The smallest absolute Gasteiger partial charge is 0.164 e. The second-order valence-corrected chi connectivity index (χ2v) is 3.48. The van der Waals surface area contributed by atoms with Crippen LogP contribution in [0.3, 0.4) is 0 Å². The van der Waals surface area contributed by atoms with Gasteiger partial charge in [-0.3, -0.25) is 10.4 Å². The van der Waals surface area contributed by atoms with E-state index in [2.05, 4.69) is 20.5 Å². The molecule has 5 heteroatoms. The maximum Gasteiger partial charge on any atom is 0.164 e. The summed E-state index contributed by atoms with van der Waals surface area (Å²) in [6.07, 6.45) is 4.32. The van der Waals surface area contributed by atoms with Crippen molar-refractivity contribution in [2.24, 2.45) is 5.10 Å². The van der Waals surface area contributed by atoms with Crippen molar-refractivity contribution in [1.29, 1.82) is 0 Å². The van der Waals surface area contributed by atoms with E-state index in [1.54, 1.807) is 6.20 Å². The largest absolute Gasteiger partial charge is 0.260 e. The van der Waals surface area contributed by atoms with Crippen molar-refractivity contribution in [3.63, 3.8) is 0 Å². The summed E-state index contributed by atoms with van der Waals surface area (Å²) in [5.74, 6) is 0.496. The van der Waals surface area contributed by atoms with Gasteiger partial charge < -0.3 is 0 Å². The van der Waals surface area contributed by atoms with Crippen LogP contribution >= 0.6 is 0 Å². The first-order chi connectivity index (χ1) is 6.47. The molecule has 0 radical (unpaired) electrons. The summed E-state index contributed by atoms with van der Waals surface area (Å²) in [5.41, 5.74) is 1.98. The molecule has 0 fully saturated rings. The molecule has 0 saturated carbocycles. The number of rotatable bonds is 3. The Labute approximate surface area is 82.3 Å². The van der Waals surface area contributed by atoms with E-state index in [0.717, 1.165) is 5.69 Å². The van der Waals surface area contributed by atoms with Crippen molar-refractivity contribution in [2.45, 2.75) is 26.4 Å². The lowest BCUT2D eigenvalue weighted by atomic mass is 10.2. The summed E-state index contributed by atoms with van der Waals surface area (Å²) in [4.78, 5) is 7.99. The molecule has 1 aromatic rings. The summed E-state index contributed by atoms with van der Waals surface area (Å²) in [5, 5.41) is 3.69. The van der Waals surface area contributed by atoms with Crippen molar-refractivity contribution in [3.05, 3.63) is 18.1 Å². The molecule has 4 nitrogen and oxygen atoms in total. The Balaban J connectivity index is 2.54. The minimum absolute atomic E-state index is 0.496. The molecule has 0 aliphatic rings. The van der Waals surface area contributed by atoms with Gasteiger partial charge >= 0.3 is 0 Å². The van der Waals surface area contributed by atoms with Gasteiger partial charge in [-0.1, -0.05) is 0 Å². The molecule has 0 atom stereocenters. The van der Waals surface area contributed by atoms with Crippen LogP contribution in [-0.4, -0.2) is 21.9 Å². The summed E-state index contributed by atoms with van der Waals surface area (Å²) in [7, 11) is 0. The molecule has 1 rings (SSSR count). The van der Waals surface area contributed by atoms with Gasteiger partial charge in [-0.15, -0.1) is 0 Å². The van der Waals surface area contributed by atoms with Crippen LogP contribution < -0.4 is 5.43 Å². The Morgan fingerprint density at radius 3 is 2.64 bits per heavy atom. The zero-order valence-electron chi connectivity index (χ0n) is 8.45.